The minimum Gasteiger partial charge on any atom is -0.468 e. The van der Waals surface area contributed by atoms with Crippen LogP contribution in [0.2, 0.25) is 0 Å². The summed E-state index contributed by atoms with van der Waals surface area (Å²) in [6, 6.07) is 3.45. The van der Waals surface area contributed by atoms with Crippen LogP contribution in [0.25, 0.3) is 0 Å². The third-order valence-corrected chi connectivity index (χ3v) is 4.51. The third kappa shape index (κ3) is 6.15. The fraction of sp³-hybridized carbons (Fsp3) is 0.417. The van der Waals surface area contributed by atoms with Gasteiger partial charge in [-0.3, -0.25) is 9.78 Å². The number of aromatic nitrogens is 1. The van der Waals surface area contributed by atoms with Gasteiger partial charge in [-0.1, -0.05) is 18.3 Å². The van der Waals surface area contributed by atoms with Gasteiger partial charge in [-0.2, -0.15) is 4.31 Å². The number of hydrogen-bond donors (Lipinski definition) is 1. The fourth-order valence-corrected chi connectivity index (χ4v) is 2.95. The van der Waals surface area contributed by atoms with Gasteiger partial charge in [0.05, 0.1) is 12.1 Å². The lowest BCUT2D eigenvalue weighted by Crippen LogP contribution is -2.37. The Morgan fingerprint density at radius 2 is 2.24 bits per heavy atom. The average Bonchev–Trinajstić information content (AvgIpc) is 2.43. The summed E-state index contributed by atoms with van der Waals surface area (Å²) in [5.41, 5.74) is 6.11. The van der Waals surface area contributed by atoms with Crippen LogP contribution in [0.4, 0.5) is 0 Å². The maximum absolute atomic E-state index is 12.2. The van der Waals surface area contributed by atoms with E-state index in [9.17, 15) is 13.2 Å². The Labute approximate surface area is 129 Å². The number of carbonyl (C=O) groups excluding carboxylic acids is 1. The Morgan fingerprint density at radius 1 is 1.52 bits per heavy atom. The maximum Gasteiger partial charge on any atom is 0.322 e. The summed E-state index contributed by atoms with van der Waals surface area (Å²) in [7, 11) is -2.67. The highest BCUT2D eigenvalue weighted by atomic mass is 32.2. The molecule has 21 heavy (non-hydrogen) atoms. The molecule has 0 spiro atoms. The first kappa shape index (κ1) is 17.5. The first-order chi connectivity index (χ1) is 9.85. The fourth-order valence-electron chi connectivity index (χ4n) is 1.55. The molecule has 0 aliphatic heterocycles. The van der Waals surface area contributed by atoms with Gasteiger partial charge >= 0.3 is 5.97 Å². The minimum atomic E-state index is -3.81. The van der Waals surface area contributed by atoms with Crippen molar-refractivity contribution in [3.8, 4) is 0 Å². The topological polar surface area (TPSA) is 103 Å². The minimum absolute atomic E-state index is 0.0930. The van der Waals surface area contributed by atoms with E-state index in [1.54, 1.807) is 24.5 Å². The highest BCUT2D eigenvalue weighted by molar-refractivity contribution is 7.89. The van der Waals surface area contributed by atoms with Crippen LogP contribution < -0.4 is 5.73 Å². The monoisotopic (exact) mass is 331 g/mol. The van der Waals surface area contributed by atoms with E-state index in [4.69, 9.17) is 18.0 Å². The Bertz CT molecular complexity index is 590. The van der Waals surface area contributed by atoms with E-state index in [2.05, 4.69) is 9.72 Å². The maximum atomic E-state index is 12.2. The molecule has 0 amide bonds. The summed E-state index contributed by atoms with van der Waals surface area (Å²) in [6.07, 6.45) is 3.38. The van der Waals surface area contributed by atoms with Gasteiger partial charge in [-0.05, 0) is 11.6 Å². The summed E-state index contributed by atoms with van der Waals surface area (Å²) in [5, 5.41) is 0. The number of pyridine rings is 1. The summed E-state index contributed by atoms with van der Waals surface area (Å²) < 4.78 is 30.0. The zero-order chi connectivity index (χ0) is 15.9. The molecule has 0 aliphatic carbocycles. The Balaban J connectivity index is 2.90. The molecule has 1 aromatic heterocycles. The van der Waals surface area contributed by atoms with Gasteiger partial charge < -0.3 is 10.5 Å². The van der Waals surface area contributed by atoms with Crippen molar-refractivity contribution in [1.29, 1.82) is 0 Å². The molecule has 1 aromatic rings. The average molecular weight is 331 g/mol. The molecule has 0 aliphatic rings. The molecule has 116 valence electrons. The van der Waals surface area contributed by atoms with Crippen LogP contribution in [-0.4, -0.2) is 48.1 Å². The van der Waals surface area contributed by atoms with Crippen LogP contribution in [0.15, 0.2) is 24.5 Å². The van der Waals surface area contributed by atoms with E-state index in [1.807, 2.05) is 0 Å². The number of hydrogen-bond acceptors (Lipinski definition) is 6. The van der Waals surface area contributed by atoms with Crippen molar-refractivity contribution >= 4 is 33.2 Å². The molecule has 0 atom stereocenters. The molecule has 0 radical (unpaired) electrons. The number of thiocarbonyl (C=S) groups is 1. The van der Waals surface area contributed by atoms with Gasteiger partial charge in [-0.25, -0.2) is 8.42 Å². The predicted molar refractivity (Wildman–Crippen MR) is 81.9 cm³/mol. The van der Waals surface area contributed by atoms with Crippen LogP contribution in [0.3, 0.4) is 0 Å². The Kier molecular flexibility index (Phi) is 6.66. The summed E-state index contributed by atoms with van der Waals surface area (Å²) in [5.74, 6) is -1.54. The number of rotatable bonds is 8. The molecular formula is C12H17N3O4S2. The quantitative estimate of drug-likeness (QED) is 0.531. The summed E-state index contributed by atoms with van der Waals surface area (Å²) in [4.78, 5) is 15.4. The van der Waals surface area contributed by atoms with Crippen LogP contribution in [-0.2, 0) is 26.1 Å². The number of ether oxygens (including phenoxy) is 1. The zero-order valence-corrected chi connectivity index (χ0v) is 13.2. The molecule has 0 fully saturated rings. The molecule has 0 aromatic carbocycles. The van der Waals surface area contributed by atoms with Crippen LogP contribution in [0.5, 0.6) is 0 Å². The van der Waals surface area contributed by atoms with Gasteiger partial charge in [-0.15, -0.1) is 0 Å². The highest BCUT2D eigenvalue weighted by Gasteiger charge is 2.26. The second-order valence-electron chi connectivity index (χ2n) is 4.24. The Hall–Kier alpha value is -1.58. The van der Waals surface area contributed by atoms with Crippen molar-refractivity contribution in [3.05, 3.63) is 30.1 Å². The van der Waals surface area contributed by atoms with Gasteiger partial charge in [0.25, 0.3) is 0 Å². The van der Waals surface area contributed by atoms with Gasteiger partial charge in [0, 0.05) is 31.9 Å². The standard InChI is InChI=1S/C12H17N3O4S2/c1-19-12(16)9-21(17,18)15(6-4-11(13)20)8-10-3-2-5-14-7-10/h2-3,5,7H,4,6,8-9H2,1H3,(H2,13,20). The van der Waals surface area contributed by atoms with Gasteiger partial charge in [0.2, 0.25) is 10.0 Å². The van der Waals surface area contributed by atoms with Crippen molar-refractivity contribution in [2.45, 2.75) is 13.0 Å². The predicted octanol–water partition coefficient (Wildman–Crippen LogP) is 0.0626. The third-order valence-electron chi connectivity index (χ3n) is 2.61. The molecule has 2 N–H and O–H groups in total. The largest absolute Gasteiger partial charge is 0.468 e. The van der Waals surface area contributed by atoms with Crippen LogP contribution in [0.1, 0.15) is 12.0 Å². The SMILES string of the molecule is COC(=O)CS(=O)(=O)N(CCC(N)=S)Cc1cccnc1. The lowest BCUT2D eigenvalue weighted by molar-refractivity contribution is -0.137. The van der Waals surface area contributed by atoms with E-state index in [-0.39, 0.29) is 24.5 Å². The number of esters is 1. The van der Waals surface area contributed by atoms with E-state index in [0.717, 1.165) is 11.4 Å². The van der Waals surface area contributed by atoms with E-state index in [0.29, 0.717) is 5.56 Å². The van der Waals surface area contributed by atoms with E-state index in [1.165, 1.54) is 0 Å². The smallest absolute Gasteiger partial charge is 0.322 e. The van der Waals surface area contributed by atoms with Crippen LogP contribution >= 0.6 is 12.2 Å². The second kappa shape index (κ2) is 8.01. The van der Waals surface area contributed by atoms with E-state index < -0.39 is 21.7 Å². The molecule has 0 saturated heterocycles. The normalized spacial score (nSPS) is 11.3. The highest BCUT2D eigenvalue weighted by Crippen LogP contribution is 2.10. The summed E-state index contributed by atoms with van der Waals surface area (Å²) in [6.45, 7) is 0.194. The number of nitrogens with two attached hydrogens (primary N) is 1. The van der Waals surface area contributed by atoms with Crippen molar-refractivity contribution < 1.29 is 17.9 Å². The van der Waals surface area contributed by atoms with Gasteiger partial charge in [0.1, 0.15) is 0 Å². The molecular weight excluding hydrogens is 314 g/mol. The molecule has 0 saturated carbocycles. The molecule has 0 bridgehead atoms. The first-order valence-electron chi connectivity index (χ1n) is 6.07. The lowest BCUT2D eigenvalue weighted by Gasteiger charge is -2.21. The van der Waals surface area contributed by atoms with Crippen molar-refractivity contribution in [1.82, 2.24) is 9.29 Å². The van der Waals surface area contributed by atoms with Crippen molar-refractivity contribution in [3.63, 3.8) is 0 Å². The van der Waals surface area contributed by atoms with Crippen molar-refractivity contribution in [2.75, 3.05) is 19.4 Å². The molecule has 0 unspecified atom stereocenters. The lowest BCUT2D eigenvalue weighted by atomic mass is 10.3. The second-order valence-corrected chi connectivity index (χ2v) is 6.74. The van der Waals surface area contributed by atoms with Gasteiger partial charge in [0.15, 0.2) is 5.75 Å². The zero-order valence-electron chi connectivity index (χ0n) is 11.6. The molecule has 9 heteroatoms. The number of sulfonamides is 1. The number of carbonyl (C=O) groups is 1. The number of methoxy groups -OCH3 is 1. The Morgan fingerprint density at radius 3 is 2.76 bits per heavy atom. The van der Waals surface area contributed by atoms with Crippen molar-refractivity contribution in [2.24, 2.45) is 5.73 Å². The first-order valence-corrected chi connectivity index (χ1v) is 8.08. The molecule has 1 heterocycles. The number of nitrogens with zero attached hydrogens (tertiary/aromatic N) is 2. The van der Waals surface area contributed by atoms with E-state index >= 15 is 0 Å². The molecule has 7 nitrogen and oxygen atoms in total. The summed E-state index contributed by atoms with van der Waals surface area (Å²) >= 11 is 4.76. The van der Waals surface area contributed by atoms with Crippen LogP contribution in [0, 0.1) is 0 Å². The molecule has 1 rings (SSSR count).